The molecule has 21 heavy (non-hydrogen) atoms. The maximum Gasteiger partial charge on any atom is 0.122 e. The average Bonchev–Trinajstić information content (AvgIpc) is 3.32. The molecule has 0 amide bonds. The van der Waals surface area contributed by atoms with E-state index in [4.69, 9.17) is 4.74 Å². The van der Waals surface area contributed by atoms with Crippen LogP contribution in [0.1, 0.15) is 47.1 Å². The molecule has 3 rings (SSSR count). The lowest BCUT2D eigenvalue weighted by molar-refractivity contribution is 0.176. The molecule has 1 unspecified atom stereocenters. The lowest BCUT2D eigenvalue weighted by atomic mass is 9.94. The summed E-state index contributed by atoms with van der Waals surface area (Å²) in [5, 5.41) is 10.7. The number of methoxy groups -OCH3 is 1. The summed E-state index contributed by atoms with van der Waals surface area (Å²) in [6.45, 7) is 2.06. The summed E-state index contributed by atoms with van der Waals surface area (Å²) >= 11 is 0. The Morgan fingerprint density at radius 2 is 1.95 bits per heavy atom. The van der Waals surface area contributed by atoms with Crippen LogP contribution in [0.15, 0.2) is 42.5 Å². The Labute approximate surface area is 126 Å². The van der Waals surface area contributed by atoms with Gasteiger partial charge < -0.3 is 9.84 Å². The maximum atomic E-state index is 10.7. The predicted octanol–water partition coefficient (Wildman–Crippen LogP) is 4.16. The molecule has 2 aromatic rings. The number of hydrogen-bond donors (Lipinski definition) is 1. The molecule has 1 saturated carbocycles. The summed E-state index contributed by atoms with van der Waals surface area (Å²) < 4.78 is 5.42. The van der Waals surface area contributed by atoms with Crippen LogP contribution in [0, 0.1) is 6.92 Å². The van der Waals surface area contributed by atoms with Gasteiger partial charge in [0, 0.05) is 6.42 Å². The Balaban J connectivity index is 1.86. The van der Waals surface area contributed by atoms with Crippen LogP contribution in [0.5, 0.6) is 5.75 Å². The zero-order chi connectivity index (χ0) is 14.8. The average molecular weight is 282 g/mol. The topological polar surface area (TPSA) is 29.5 Å². The normalized spacial score (nSPS) is 15.8. The number of rotatable bonds is 5. The highest BCUT2D eigenvalue weighted by Crippen LogP contribution is 2.43. The van der Waals surface area contributed by atoms with Gasteiger partial charge in [-0.1, -0.05) is 42.0 Å². The molecule has 0 bridgehead atoms. The standard InChI is InChI=1S/C19H22O2/c1-13-7-10-19(21-2)15(11-13)12-18(20)17-6-4-3-5-16(17)14-8-9-14/h3-7,10-11,14,18,20H,8-9,12H2,1-2H3. The third kappa shape index (κ3) is 3.11. The first kappa shape index (κ1) is 14.2. The Hall–Kier alpha value is -1.80. The lowest BCUT2D eigenvalue weighted by Crippen LogP contribution is -2.06. The van der Waals surface area contributed by atoms with Crippen LogP contribution in [-0.4, -0.2) is 12.2 Å². The van der Waals surface area contributed by atoms with Gasteiger partial charge in [0.25, 0.3) is 0 Å². The fourth-order valence-corrected chi connectivity index (χ4v) is 2.97. The summed E-state index contributed by atoms with van der Waals surface area (Å²) in [7, 11) is 1.68. The smallest absolute Gasteiger partial charge is 0.122 e. The summed E-state index contributed by atoms with van der Waals surface area (Å²) in [6.07, 6.45) is 2.61. The van der Waals surface area contributed by atoms with Crippen molar-refractivity contribution in [2.75, 3.05) is 7.11 Å². The molecule has 0 radical (unpaired) electrons. The quantitative estimate of drug-likeness (QED) is 0.892. The minimum Gasteiger partial charge on any atom is -0.496 e. The van der Waals surface area contributed by atoms with Gasteiger partial charge in [-0.15, -0.1) is 0 Å². The van der Waals surface area contributed by atoms with E-state index in [9.17, 15) is 5.11 Å². The van der Waals surface area contributed by atoms with Gasteiger partial charge in [0.1, 0.15) is 5.75 Å². The van der Waals surface area contributed by atoms with E-state index in [1.165, 1.54) is 24.0 Å². The van der Waals surface area contributed by atoms with Crippen molar-refractivity contribution in [3.05, 3.63) is 64.7 Å². The van der Waals surface area contributed by atoms with Crippen LogP contribution in [0.25, 0.3) is 0 Å². The fraction of sp³-hybridized carbons (Fsp3) is 0.368. The van der Waals surface area contributed by atoms with Gasteiger partial charge in [-0.3, -0.25) is 0 Å². The maximum absolute atomic E-state index is 10.7. The molecule has 0 aliphatic heterocycles. The highest BCUT2D eigenvalue weighted by atomic mass is 16.5. The second-order valence-electron chi connectivity index (χ2n) is 5.94. The third-order valence-corrected chi connectivity index (χ3v) is 4.22. The molecular formula is C19H22O2. The van der Waals surface area contributed by atoms with Crippen LogP contribution < -0.4 is 4.74 Å². The number of aliphatic hydroxyl groups is 1. The second-order valence-corrected chi connectivity index (χ2v) is 5.94. The van der Waals surface area contributed by atoms with Crippen molar-refractivity contribution in [3.8, 4) is 5.75 Å². The van der Waals surface area contributed by atoms with Gasteiger partial charge in [0.2, 0.25) is 0 Å². The van der Waals surface area contributed by atoms with Gasteiger partial charge in [0.15, 0.2) is 0 Å². The van der Waals surface area contributed by atoms with E-state index in [1.54, 1.807) is 7.11 Å². The number of benzene rings is 2. The Morgan fingerprint density at radius 3 is 2.67 bits per heavy atom. The van der Waals surface area contributed by atoms with E-state index >= 15 is 0 Å². The van der Waals surface area contributed by atoms with Crippen molar-refractivity contribution in [2.45, 2.75) is 38.2 Å². The van der Waals surface area contributed by atoms with Crippen LogP contribution in [0.3, 0.4) is 0 Å². The molecule has 2 heteroatoms. The molecule has 0 saturated heterocycles. The van der Waals surface area contributed by atoms with E-state index in [1.807, 2.05) is 18.2 Å². The van der Waals surface area contributed by atoms with Gasteiger partial charge in [0.05, 0.1) is 13.2 Å². The molecule has 1 aliphatic rings. The molecule has 1 N–H and O–H groups in total. The van der Waals surface area contributed by atoms with Crippen molar-refractivity contribution in [3.63, 3.8) is 0 Å². The van der Waals surface area contributed by atoms with E-state index in [0.717, 1.165) is 16.9 Å². The van der Waals surface area contributed by atoms with Crippen LogP contribution in [-0.2, 0) is 6.42 Å². The Bertz CT molecular complexity index is 629. The lowest BCUT2D eigenvalue weighted by Gasteiger charge is -2.17. The highest BCUT2D eigenvalue weighted by Gasteiger charge is 2.27. The largest absolute Gasteiger partial charge is 0.496 e. The Morgan fingerprint density at radius 1 is 1.19 bits per heavy atom. The molecule has 0 spiro atoms. The molecule has 110 valence electrons. The van der Waals surface area contributed by atoms with Crippen LogP contribution >= 0.6 is 0 Å². The summed E-state index contributed by atoms with van der Waals surface area (Å²) in [4.78, 5) is 0. The first-order valence-electron chi connectivity index (χ1n) is 7.59. The van der Waals surface area contributed by atoms with E-state index < -0.39 is 6.10 Å². The molecule has 1 aliphatic carbocycles. The number of aryl methyl sites for hydroxylation is 1. The molecule has 1 atom stereocenters. The first-order chi connectivity index (χ1) is 10.2. The minimum atomic E-state index is -0.475. The number of hydrogen-bond acceptors (Lipinski definition) is 2. The number of ether oxygens (including phenoxy) is 1. The summed E-state index contributed by atoms with van der Waals surface area (Å²) in [6, 6.07) is 14.4. The fourth-order valence-electron chi connectivity index (χ4n) is 2.97. The number of aliphatic hydroxyl groups excluding tert-OH is 1. The SMILES string of the molecule is COc1ccc(C)cc1CC(O)c1ccccc1C1CC1. The summed E-state index contributed by atoms with van der Waals surface area (Å²) in [5.41, 5.74) is 4.64. The van der Waals surface area contributed by atoms with Crippen molar-refractivity contribution in [1.82, 2.24) is 0 Å². The van der Waals surface area contributed by atoms with Gasteiger partial charge in [-0.25, -0.2) is 0 Å². The molecule has 2 nitrogen and oxygen atoms in total. The molecule has 0 aromatic heterocycles. The van der Waals surface area contributed by atoms with Crippen LogP contribution in [0.2, 0.25) is 0 Å². The third-order valence-electron chi connectivity index (χ3n) is 4.22. The van der Waals surface area contributed by atoms with Crippen molar-refractivity contribution in [2.24, 2.45) is 0 Å². The first-order valence-corrected chi connectivity index (χ1v) is 7.59. The van der Waals surface area contributed by atoms with Gasteiger partial charge in [-0.05, 0) is 48.4 Å². The predicted molar refractivity (Wildman–Crippen MR) is 84.8 cm³/mol. The minimum absolute atomic E-state index is 0.475. The Kier molecular flexibility index (Phi) is 3.98. The molecular weight excluding hydrogens is 260 g/mol. The van der Waals surface area contributed by atoms with Crippen molar-refractivity contribution >= 4 is 0 Å². The molecule has 0 heterocycles. The van der Waals surface area contributed by atoms with Crippen molar-refractivity contribution < 1.29 is 9.84 Å². The van der Waals surface area contributed by atoms with E-state index in [0.29, 0.717) is 12.3 Å². The van der Waals surface area contributed by atoms with E-state index in [2.05, 4.69) is 31.2 Å². The van der Waals surface area contributed by atoms with Crippen molar-refractivity contribution in [1.29, 1.82) is 0 Å². The summed E-state index contributed by atoms with van der Waals surface area (Å²) in [5.74, 6) is 1.50. The molecule has 2 aromatic carbocycles. The zero-order valence-corrected chi connectivity index (χ0v) is 12.7. The zero-order valence-electron chi connectivity index (χ0n) is 12.7. The second kappa shape index (κ2) is 5.90. The van der Waals surface area contributed by atoms with Gasteiger partial charge >= 0.3 is 0 Å². The highest BCUT2D eigenvalue weighted by molar-refractivity contribution is 5.40. The van der Waals surface area contributed by atoms with E-state index in [-0.39, 0.29) is 0 Å². The van der Waals surface area contributed by atoms with Crippen LogP contribution in [0.4, 0.5) is 0 Å². The monoisotopic (exact) mass is 282 g/mol. The molecule has 1 fully saturated rings. The van der Waals surface area contributed by atoms with Gasteiger partial charge in [-0.2, -0.15) is 0 Å².